The van der Waals surface area contributed by atoms with Crippen LogP contribution in [0.1, 0.15) is 96.6 Å². The molecule has 1 amide bonds. The lowest BCUT2D eigenvalue weighted by molar-refractivity contribution is -0.150. The van der Waals surface area contributed by atoms with Crippen molar-refractivity contribution in [3.05, 3.63) is 35.4 Å². The molecule has 6 nitrogen and oxygen atoms in total. The van der Waals surface area contributed by atoms with Crippen molar-refractivity contribution in [1.82, 2.24) is 5.32 Å². The number of hydrogen-bond acceptors (Lipinski definition) is 5. The fraction of sp³-hybridized carbons (Fsp3) is 0.667. The predicted molar refractivity (Wildman–Crippen MR) is 131 cm³/mol. The maximum atomic E-state index is 11.8. The standard InChI is InChI=1S/C27H43NO5/c1-5-6-7-8-9-10-13-25-15-17-26(18-16-25)14-11-12-19-27(28-22(2)29,20-32-23(3)30)21-33-24(4)31/h15-18H,5-14,19-21H2,1-4H3,(H,28,29). The molecule has 1 aromatic carbocycles. The van der Waals surface area contributed by atoms with E-state index < -0.39 is 17.5 Å². The zero-order valence-corrected chi connectivity index (χ0v) is 21.0. The van der Waals surface area contributed by atoms with Crippen LogP contribution in [0.15, 0.2) is 24.3 Å². The first-order chi connectivity index (χ1) is 15.8. The number of carbonyl (C=O) groups is 3. The Morgan fingerprint density at radius 1 is 0.727 bits per heavy atom. The summed E-state index contributed by atoms with van der Waals surface area (Å²) in [4.78, 5) is 34.5. The molecule has 0 fully saturated rings. The molecule has 186 valence electrons. The zero-order chi connectivity index (χ0) is 24.5. The highest BCUT2D eigenvalue weighted by atomic mass is 16.5. The molecule has 0 aromatic heterocycles. The molecular weight excluding hydrogens is 418 g/mol. The van der Waals surface area contributed by atoms with Gasteiger partial charge in [0.1, 0.15) is 18.8 Å². The first kappa shape index (κ1) is 28.7. The van der Waals surface area contributed by atoms with E-state index in [9.17, 15) is 14.4 Å². The van der Waals surface area contributed by atoms with Gasteiger partial charge in [-0.3, -0.25) is 14.4 Å². The Bertz CT molecular complexity index is 696. The fourth-order valence-corrected chi connectivity index (χ4v) is 3.95. The smallest absolute Gasteiger partial charge is 0.302 e. The maximum absolute atomic E-state index is 11.8. The van der Waals surface area contributed by atoms with E-state index in [1.165, 1.54) is 70.4 Å². The van der Waals surface area contributed by atoms with Crippen LogP contribution in [-0.4, -0.2) is 36.6 Å². The third-order valence-corrected chi connectivity index (χ3v) is 5.76. The van der Waals surface area contributed by atoms with Crippen molar-refractivity contribution in [2.24, 2.45) is 0 Å². The lowest BCUT2D eigenvalue weighted by Crippen LogP contribution is -2.55. The molecular formula is C27H43NO5. The van der Waals surface area contributed by atoms with Crippen molar-refractivity contribution >= 4 is 17.8 Å². The molecule has 6 heteroatoms. The van der Waals surface area contributed by atoms with E-state index in [-0.39, 0.29) is 19.1 Å². The number of carbonyl (C=O) groups excluding carboxylic acids is 3. The number of rotatable bonds is 17. The Labute approximate surface area is 199 Å². The Morgan fingerprint density at radius 2 is 1.18 bits per heavy atom. The first-order valence-corrected chi connectivity index (χ1v) is 12.4. The van der Waals surface area contributed by atoms with Crippen molar-refractivity contribution in [3.63, 3.8) is 0 Å². The summed E-state index contributed by atoms with van der Waals surface area (Å²) >= 11 is 0. The average Bonchev–Trinajstić information content (AvgIpc) is 2.76. The summed E-state index contributed by atoms with van der Waals surface area (Å²) < 4.78 is 10.4. The predicted octanol–water partition coefficient (Wildman–Crippen LogP) is 5.30. The van der Waals surface area contributed by atoms with Crippen LogP contribution in [0.4, 0.5) is 0 Å². The molecule has 0 aliphatic heterocycles. The van der Waals surface area contributed by atoms with Crippen molar-refractivity contribution in [2.45, 2.75) is 104 Å². The molecule has 0 aliphatic rings. The van der Waals surface area contributed by atoms with Gasteiger partial charge in [-0.1, -0.05) is 69.7 Å². The second-order valence-corrected chi connectivity index (χ2v) is 9.06. The molecule has 0 saturated carbocycles. The summed E-state index contributed by atoms with van der Waals surface area (Å²) in [5, 5.41) is 2.85. The van der Waals surface area contributed by atoms with Crippen molar-refractivity contribution in [2.75, 3.05) is 13.2 Å². The summed E-state index contributed by atoms with van der Waals surface area (Å²) in [5.41, 5.74) is 1.76. The molecule has 0 spiro atoms. The minimum atomic E-state index is -0.913. The van der Waals surface area contributed by atoms with Gasteiger partial charge in [0, 0.05) is 20.8 Å². The Morgan fingerprint density at radius 3 is 1.64 bits per heavy atom. The quantitative estimate of drug-likeness (QED) is 0.251. The molecule has 33 heavy (non-hydrogen) atoms. The number of hydrogen-bond donors (Lipinski definition) is 1. The van der Waals surface area contributed by atoms with E-state index >= 15 is 0 Å². The van der Waals surface area contributed by atoms with Gasteiger partial charge in [0.05, 0.1) is 0 Å². The number of ether oxygens (including phenoxy) is 2. The van der Waals surface area contributed by atoms with Crippen LogP contribution in [0.25, 0.3) is 0 Å². The van der Waals surface area contributed by atoms with E-state index in [1.807, 2.05) is 0 Å². The van der Waals surface area contributed by atoms with E-state index in [2.05, 4.69) is 36.5 Å². The highest BCUT2D eigenvalue weighted by molar-refractivity contribution is 5.74. The number of aryl methyl sites for hydroxylation is 2. The Kier molecular flexibility index (Phi) is 14.1. The van der Waals surface area contributed by atoms with Gasteiger partial charge in [0.25, 0.3) is 0 Å². The van der Waals surface area contributed by atoms with Crippen LogP contribution < -0.4 is 5.32 Å². The molecule has 0 atom stereocenters. The van der Waals surface area contributed by atoms with Gasteiger partial charge in [0.15, 0.2) is 0 Å². The maximum Gasteiger partial charge on any atom is 0.302 e. The fourth-order valence-electron chi connectivity index (χ4n) is 3.95. The molecule has 1 aromatic rings. The van der Waals surface area contributed by atoms with Crippen molar-refractivity contribution < 1.29 is 23.9 Å². The summed E-state index contributed by atoms with van der Waals surface area (Å²) in [6.45, 7) is 6.24. The van der Waals surface area contributed by atoms with E-state index in [4.69, 9.17) is 9.47 Å². The van der Waals surface area contributed by atoms with E-state index in [0.29, 0.717) is 6.42 Å². The van der Waals surface area contributed by atoms with Crippen LogP contribution in [-0.2, 0) is 36.7 Å². The van der Waals surface area contributed by atoms with Crippen LogP contribution in [0.2, 0.25) is 0 Å². The second kappa shape index (κ2) is 16.3. The van der Waals surface area contributed by atoms with E-state index in [1.54, 1.807) is 0 Å². The third-order valence-electron chi connectivity index (χ3n) is 5.76. The van der Waals surface area contributed by atoms with Crippen LogP contribution in [0, 0.1) is 0 Å². The monoisotopic (exact) mass is 461 g/mol. The Hall–Kier alpha value is -2.37. The molecule has 1 N–H and O–H groups in total. The Balaban J connectivity index is 2.52. The highest BCUT2D eigenvalue weighted by Crippen LogP contribution is 2.19. The number of amides is 1. The van der Waals surface area contributed by atoms with Gasteiger partial charge in [-0.05, 0) is 43.2 Å². The number of unbranched alkanes of at least 4 members (excludes halogenated alkanes) is 6. The largest absolute Gasteiger partial charge is 0.463 e. The van der Waals surface area contributed by atoms with E-state index in [0.717, 1.165) is 25.7 Å². The zero-order valence-electron chi connectivity index (χ0n) is 21.0. The minimum Gasteiger partial charge on any atom is -0.463 e. The molecule has 0 heterocycles. The summed E-state index contributed by atoms with van der Waals surface area (Å²) in [6, 6.07) is 8.85. The lowest BCUT2D eigenvalue weighted by atomic mass is 9.92. The molecule has 0 aliphatic carbocycles. The van der Waals surface area contributed by atoms with Gasteiger partial charge < -0.3 is 14.8 Å². The third kappa shape index (κ3) is 13.7. The van der Waals surface area contributed by atoms with Crippen molar-refractivity contribution in [3.8, 4) is 0 Å². The number of nitrogens with one attached hydrogen (secondary N) is 1. The van der Waals surface area contributed by atoms with Crippen molar-refractivity contribution in [1.29, 1.82) is 0 Å². The van der Waals surface area contributed by atoms with Crippen LogP contribution >= 0.6 is 0 Å². The highest BCUT2D eigenvalue weighted by Gasteiger charge is 2.33. The SMILES string of the molecule is CCCCCCCCc1ccc(CCCCC(COC(C)=O)(COC(C)=O)NC(C)=O)cc1. The van der Waals surface area contributed by atoms with Gasteiger partial charge in [-0.15, -0.1) is 0 Å². The molecule has 0 unspecified atom stereocenters. The topological polar surface area (TPSA) is 81.7 Å². The van der Waals surface area contributed by atoms with Gasteiger partial charge in [-0.25, -0.2) is 0 Å². The summed E-state index contributed by atoms with van der Waals surface area (Å²) in [5.74, 6) is -1.13. The summed E-state index contributed by atoms with van der Waals surface area (Å²) in [7, 11) is 0. The lowest BCUT2D eigenvalue weighted by Gasteiger charge is -2.33. The first-order valence-electron chi connectivity index (χ1n) is 12.4. The van der Waals surface area contributed by atoms with Gasteiger partial charge >= 0.3 is 11.9 Å². The van der Waals surface area contributed by atoms with Gasteiger partial charge in [-0.2, -0.15) is 0 Å². The molecule has 0 radical (unpaired) electrons. The van der Waals surface area contributed by atoms with Gasteiger partial charge in [0.2, 0.25) is 5.91 Å². The number of esters is 2. The molecule has 1 rings (SSSR count). The number of benzene rings is 1. The normalized spacial score (nSPS) is 11.2. The second-order valence-electron chi connectivity index (χ2n) is 9.06. The average molecular weight is 462 g/mol. The van der Waals surface area contributed by atoms with Crippen LogP contribution in [0.3, 0.4) is 0 Å². The molecule has 0 bridgehead atoms. The minimum absolute atomic E-state index is 0.0255. The van der Waals surface area contributed by atoms with Crippen LogP contribution in [0.5, 0.6) is 0 Å². The summed E-state index contributed by atoms with van der Waals surface area (Å²) in [6.07, 6.45) is 12.2. The molecule has 0 saturated heterocycles.